The fraction of sp³-hybridized carbons (Fsp3) is 0.462. The monoisotopic (exact) mass is 250 g/mol. The van der Waals surface area contributed by atoms with Gasteiger partial charge in [0.2, 0.25) is 0 Å². The molecule has 2 N–H and O–H groups in total. The summed E-state index contributed by atoms with van der Waals surface area (Å²) in [6.45, 7) is 0.710. The summed E-state index contributed by atoms with van der Waals surface area (Å²) in [7, 11) is 1.72. The quantitative estimate of drug-likeness (QED) is 0.835. The smallest absolute Gasteiger partial charge is 0.124 e. The van der Waals surface area contributed by atoms with Gasteiger partial charge in [-0.1, -0.05) is 6.07 Å². The number of fused-ring (bicyclic) bond motifs is 3. The van der Waals surface area contributed by atoms with Crippen LogP contribution in [0, 0.1) is 11.3 Å². The molecular formula is C13H18N2OS. The molecule has 0 radical (unpaired) electrons. The van der Waals surface area contributed by atoms with Crippen LogP contribution in [-0.4, -0.2) is 13.7 Å². The lowest BCUT2D eigenvalue weighted by Gasteiger charge is -2.15. The Bertz CT molecular complexity index is 387. The van der Waals surface area contributed by atoms with Crippen LogP contribution in [0.4, 0.5) is 0 Å². The van der Waals surface area contributed by atoms with Crippen molar-refractivity contribution < 1.29 is 4.74 Å². The van der Waals surface area contributed by atoms with Gasteiger partial charge in [-0.15, -0.1) is 11.8 Å². The van der Waals surface area contributed by atoms with Crippen LogP contribution in [0.5, 0.6) is 5.75 Å². The molecule has 2 aliphatic rings. The fourth-order valence-electron chi connectivity index (χ4n) is 1.44. The van der Waals surface area contributed by atoms with E-state index < -0.39 is 0 Å². The van der Waals surface area contributed by atoms with E-state index in [4.69, 9.17) is 15.7 Å². The topological polar surface area (TPSA) is 59.0 Å². The molecule has 0 aromatic heterocycles. The Labute approximate surface area is 107 Å². The molecule has 2 aliphatic heterocycles. The van der Waals surface area contributed by atoms with Crippen molar-refractivity contribution in [2.45, 2.75) is 29.9 Å². The van der Waals surface area contributed by atoms with Gasteiger partial charge in [-0.2, -0.15) is 5.26 Å². The van der Waals surface area contributed by atoms with Gasteiger partial charge in [0.25, 0.3) is 0 Å². The first-order valence-electron chi connectivity index (χ1n) is 5.68. The van der Waals surface area contributed by atoms with Crippen molar-refractivity contribution in [2.75, 3.05) is 13.7 Å². The molecule has 1 aromatic carbocycles. The number of ether oxygens (including phenoxy) is 1. The van der Waals surface area contributed by atoms with Gasteiger partial charge in [0.15, 0.2) is 0 Å². The molecule has 2 heterocycles. The van der Waals surface area contributed by atoms with Crippen molar-refractivity contribution >= 4 is 11.8 Å². The van der Waals surface area contributed by atoms with E-state index in [1.54, 1.807) is 7.11 Å². The molecular weight excluding hydrogens is 232 g/mol. The van der Waals surface area contributed by atoms with E-state index in [0.29, 0.717) is 13.0 Å². The predicted molar refractivity (Wildman–Crippen MR) is 71.1 cm³/mol. The lowest BCUT2D eigenvalue weighted by molar-refractivity contribution is 0.409. The maximum Gasteiger partial charge on any atom is 0.124 e. The number of benzene rings is 1. The molecule has 0 saturated heterocycles. The van der Waals surface area contributed by atoms with Crippen molar-refractivity contribution in [1.82, 2.24) is 0 Å². The predicted octanol–water partition coefficient (Wildman–Crippen LogP) is 2.94. The number of hydrogen-bond donors (Lipinski definition) is 1. The van der Waals surface area contributed by atoms with E-state index in [0.717, 1.165) is 24.3 Å². The number of nitrogens with zero attached hydrogens (tertiary/aromatic N) is 1. The number of thioether (sulfide) groups is 1. The molecule has 0 spiro atoms. The Kier molecular flexibility index (Phi) is 6.53. The van der Waals surface area contributed by atoms with Gasteiger partial charge >= 0.3 is 0 Å². The molecule has 0 aliphatic carbocycles. The summed E-state index contributed by atoms with van der Waals surface area (Å²) in [6.07, 6.45) is 2.58. The van der Waals surface area contributed by atoms with Crippen LogP contribution < -0.4 is 10.5 Å². The van der Waals surface area contributed by atoms with Gasteiger partial charge in [0.1, 0.15) is 5.75 Å². The van der Waals surface area contributed by atoms with Crippen molar-refractivity contribution in [3.63, 3.8) is 0 Å². The third kappa shape index (κ3) is 4.68. The van der Waals surface area contributed by atoms with Crippen LogP contribution in [0.1, 0.15) is 24.8 Å². The molecule has 3 rings (SSSR count). The first-order valence-corrected chi connectivity index (χ1v) is 6.67. The zero-order valence-corrected chi connectivity index (χ0v) is 10.9. The molecule has 3 nitrogen and oxygen atoms in total. The SMILES string of the molecule is COc1cc2ccc1CS2.N#CCCCCN. The summed E-state index contributed by atoms with van der Waals surface area (Å²) >= 11 is 1.87. The molecule has 17 heavy (non-hydrogen) atoms. The van der Waals surface area contributed by atoms with Crippen molar-refractivity contribution in [1.29, 1.82) is 5.26 Å². The van der Waals surface area contributed by atoms with Gasteiger partial charge in [0.05, 0.1) is 13.2 Å². The zero-order valence-electron chi connectivity index (χ0n) is 10.1. The first kappa shape index (κ1) is 13.9. The van der Waals surface area contributed by atoms with Crippen molar-refractivity contribution in [3.8, 4) is 11.8 Å². The average Bonchev–Trinajstić information content (AvgIpc) is 2.41. The summed E-state index contributed by atoms with van der Waals surface area (Å²) in [5.41, 5.74) is 6.47. The van der Waals surface area contributed by atoms with Gasteiger partial charge in [0, 0.05) is 22.6 Å². The van der Waals surface area contributed by atoms with Crippen LogP contribution in [-0.2, 0) is 5.75 Å². The largest absolute Gasteiger partial charge is 0.496 e. The Morgan fingerprint density at radius 1 is 1.47 bits per heavy atom. The molecule has 4 heteroatoms. The van der Waals surface area contributed by atoms with Crippen LogP contribution in [0.15, 0.2) is 23.1 Å². The lowest BCUT2D eigenvalue weighted by Crippen LogP contribution is -1.96. The Morgan fingerprint density at radius 2 is 2.29 bits per heavy atom. The number of methoxy groups -OCH3 is 1. The highest BCUT2D eigenvalue weighted by Gasteiger charge is 2.10. The Morgan fingerprint density at radius 3 is 2.65 bits per heavy atom. The minimum atomic E-state index is 0.650. The van der Waals surface area contributed by atoms with Crippen LogP contribution in [0.3, 0.4) is 0 Å². The highest BCUT2D eigenvalue weighted by molar-refractivity contribution is 7.98. The number of nitriles is 1. The van der Waals surface area contributed by atoms with Crippen molar-refractivity contribution in [3.05, 3.63) is 23.8 Å². The Balaban J connectivity index is 0.000000185. The van der Waals surface area contributed by atoms with Gasteiger partial charge in [-0.25, -0.2) is 0 Å². The first-order chi connectivity index (χ1) is 8.31. The third-order valence-corrected chi connectivity index (χ3v) is 3.44. The summed E-state index contributed by atoms with van der Waals surface area (Å²) in [5, 5.41) is 8.00. The molecule has 1 aromatic rings. The van der Waals surface area contributed by atoms with Crippen LogP contribution in [0.25, 0.3) is 0 Å². The maximum absolute atomic E-state index is 8.00. The van der Waals surface area contributed by atoms with Gasteiger partial charge < -0.3 is 10.5 Å². The normalized spacial score (nSPS) is 11.4. The lowest BCUT2D eigenvalue weighted by atomic mass is 10.2. The summed E-state index contributed by atoms with van der Waals surface area (Å²) in [6, 6.07) is 8.39. The second-order valence-electron chi connectivity index (χ2n) is 3.67. The minimum Gasteiger partial charge on any atom is -0.496 e. The summed E-state index contributed by atoms with van der Waals surface area (Å²) in [5.74, 6) is 2.11. The van der Waals surface area contributed by atoms with Gasteiger partial charge in [-0.05, 0) is 31.5 Å². The second-order valence-corrected chi connectivity index (χ2v) is 4.71. The van der Waals surface area contributed by atoms with Crippen molar-refractivity contribution in [2.24, 2.45) is 5.73 Å². The average molecular weight is 250 g/mol. The summed E-state index contributed by atoms with van der Waals surface area (Å²) in [4.78, 5) is 1.31. The van der Waals surface area contributed by atoms with E-state index in [2.05, 4.69) is 18.2 Å². The zero-order chi connectivity index (χ0) is 12.5. The van der Waals surface area contributed by atoms with Gasteiger partial charge in [-0.3, -0.25) is 0 Å². The van der Waals surface area contributed by atoms with Crippen LogP contribution in [0.2, 0.25) is 0 Å². The molecule has 0 unspecified atom stereocenters. The maximum atomic E-state index is 8.00. The second kappa shape index (κ2) is 7.99. The number of unbranched alkanes of at least 4 members (excludes halogenated alkanes) is 2. The standard InChI is InChI=1S/C8H8OS.C5H10N2/c1-9-8-4-7-3-2-6(8)5-10-7;6-4-2-1-3-5-7/h2-4H,5H2,1H3;1-4,6H2. The molecule has 0 saturated carbocycles. The highest BCUT2D eigenvalue weighted by Crippen LogP contribution is 2.36. The van der Waals surface area contributed by atoms with E-state index in [9.17, 15) is 0 Å². The van der Waals surface area contributed by atoms with Crippen LogP contribution >= 0.6 is 11.8 Å². The Hall–Kier alpha value is -1.18. The van der Waals surface area contributed by atoms with E-state index in [1.165, 1.54) is 10.5 Å². The third-order valence-electron chi connectivity index (χ3n) is 2.40. The molecule has 92 valence electrons. The van der Waals surface area contributed by atoms with E-state index in [1.807, 2.05) is 17.8 Å². The number of nitrogens with two attached hydrogens (primary N) is 1. The number of hydrogen-bond acceptors (Lipinski definition) is 4. The molecule has 0 fully saturated rings. The number of rotatable bonds is 4. The minimum absolute atomic E-state index is 0.650. The molecule has 0 amide bonds. The molecule has 2 bridgehead atoms. The molecule has 0 atom stereocenters. The van der Waals surface area contributed by atoms with E-state index >= 15 is 0 Å². The highest BCUT2D eigenvalue weighted by atomic mass is 32.2. The summed E-state index contributed by atoms with van der Waals surface area (Å²) < 4.78 is 5.16. The van der Waals surface area contributed by atoms with E-state index in [-0.39, 0.29) is 0 Å². The fourth-order valence-corrected chi connectivity index (χ4v) is 2.36.